The molecule has 0 heterocycles. The summed E-state index contributed by atoms with van der Waals surface area (Å²) < 4.78 is 1.56. The van der Waals surface area contributed by atoms with Crippen molar-refractivity contribution < 1.29 is 0 Å². The van der Waals surface area contributed by atoms with E-state index in [0.29, 0.717) is 0 Å². The molecule has 0 aromatic heterocycles. The van der Waals surface area contributed by atoms with Crippen molar-refractivity contribution in [3.63, 3.8) is 0 Å². The molecule has 0 aliphatic carbocycles. The van der Waals surface area contributed by atoms with Crippen molar-refractivity contribution in [1.29, 1.82) is 0 Å². The first kappa shape index (κ1) is 10.5. The van der Waals surface area contributed by atoms with E-state index in [2.05, 4.69) is 66.4 Å². The summed E-state index contributed by atoms with van der Waals surface area (Å²) in [5.41, 5.74) is 3.90. The van der Waals surface area contributed by atoms with Crippen LogP contribution in [-0.2, 0) is 5.21 Å². The Morgan fingerprint density at radius 1 is 0.800 bits per heavy atom. The summed E-state index contributed by atoms with van der Waals surface area (Å²) in [6.45, 7) is 0. The van der Waals surface area contributed by atoms with Crippen LogP contribution < -0.4 is 4.35 Å². The van der Waals surface area contributed by atoms with E-state index in [1.807, 2.05) is 0 Å². The van der Waals surface area contributed by atoms with Gasteiger partial charge in [-0.25, -0.2) is 0 Å². The van der Waals surface area contributed by atoms with Crippen molar-refractivity contribution in [2.75, 3.05) is 0 Å². The summed E-state index contributed by atoms with van der Waals surface area (Å²) in [6.07, 6.45) is 0. The second-order valence-corrected chi connectivity index (χ2v) is 8.35. The third-order valence-corrected chi connectivity index (χ3v) is 6.70. The second-order valence-electron chi connectivity index (χ2n) is 3.68. The molecule has 0 N–H and O–H groups in total. The minimum absolute atomic E-state index is 0.856. The Kier molecular flexibility index (Phi) is 3.63. The first-order valence-electron chi connectivity index (χ1n) is 5.16. The van der Waals surface area contributed by atoms with Crippen LogP contribution in [0.15, 0.2) is 60.7 Å². The molecule has 0 bridgehead atoms. The number of hydrogen-bond donors (Lipinski definition) is 0. The van der Waals surface area contributed by atoms with E-state index in [4.69, 9.17) is 0 Å². The molecule has 1 heteroatoms. The summed E-state index contributed by atoms with van der Waals surface area (Å²) in [4.78, 5) is 0. The van der Waals surface area contributed by atoms with Crippen LogP contribution in [0, 0.1) is 0 Å². The Balaban J connectivity index is 2.08. The normalized spacial score (nSPS) is 12.3. The predicted molar refractivity (Wildman–Crippen MR) is 67.8 cm³/mol. The molecule has 0 aliphatic heterocycles. The van der Waals surface area contributed by atoms with Gasteiger partial charge in [-0.15, -0.1) is 0 Å². The molecule has 0 saturated heterocycles. The van der Waals surface area contributed by atoms with Crippen LogP contribution in [0.2, 0.25) is 5.71 Å². The standard InChI is InChI=1S/C14H15As/c1-15(14-10-6-3-7-11-14)12-13-8-4-2-5-9-13/h2-11H,12H2,1H3. The van der Waals surface area contributed by atoms with Gasteiger partial charge in [-0.1, -0.05) is 0 Å². The zero-order valence-corrected chi connectivity index (χ0v) is 10.8. The number of benzene rings is 2. The van der Waals surface area contributed by atoms with Gasteiger partial charge in [0.15, 0.2) is 0 Å². The van der Waals surface area contributed by atoms with Crippen molar-refractivity contribution in [2.24, 2.45) is 0 Å². The van der Waals surface area contributed by atoms with Crippen LogP contribution in [-0.4, -0.2) is 14.7 Å². The van der Waals surface area contributed by atoms with Gasteiger partial charge in [0.25, 0.3) is 0 Å². The van der Waals surface area contributed by atoms with Gasteiger partial charge in [0.05, 0.1) is 0 Å². The topological polar surface area (TPSA) is 0 Å². The van der Waals surface area contributed by atoms with Crippen molar-refractivity contribution in [3.8, 4) is 0 Å². The number of hydrogen-bond acceptors (Lipinski definition) is 0. The van der Waals surface area contributed by atoms with Crippen LogP contribution >= 0.6 is 0 Å². The average Bonchev–Trinajstić information content (AvgIpc) is 2.31. The van der Waals surface area contributed by atoms with E-state index < -0.39 is 14.7 Å². The van der Waals surface area contributed by atoms with E-state index in [1.54, 1.807) is 4.35 Å². The monoisotopic (exact) mass is 258 g/mol. The second kappa shape index (κ2) is 5.18. The summed E-state index contributed by atoms with van der Waals surface area (Å²) >= 11 is -0.856. The fourth-order valence-electron chi connectivity index (χ4n) is 1.63. The Bertz CT molecular complexity index is 394. The maximum absolute atomic E-state index is 2.43. The molecular formula is C14H15As. The molecule has 0 fully saturated rings. The van der Waals surface area contributed by atoms with Gasteiger partial charge in [-0.05, 0) is 0 Å². The van der Waals surface area contributed by atoms with E-state index in [-0.39, 0.29) is 0 Å². The summed E-state index contributed by atoms with van der Waals surface area (Å²) in [5.74, 6) is 0. The zero-order chi connectivity index (χ0) is 10.5. The Morgan fingerprint density at radius 2 is 1.33 bits per heavy atom. The minimum atomic E-state index is -0.856. The average molecular weight is 258 g/mol. The van der Waals surface area contributed by atoms with Crippen LogP contribution in [0.3, 0.4) is 0 Å². The molecule has 76 valence electrons. The van der Waals surface area contributed by atoms with Crippen molar-refractivity contribution in [1.82, 2.24) is 0 Å². The molecule has 0 aliphatic rings. The molecule has 2 aromatic carbocycles. The zero-order valence-electron chi connectivity index (χ0n) is 8.93. The molecule has 0 nitrogen and oxygen atoms in total. The van der Waals surface area contributed by atoms with Gasteiger partial charge < -0.3 is 0 Å². The molecule has 0 amide bonds. The van der Waals surface area contributed by atoms with Gasteiger partial charge in [-0.3, -0.25) is 0 Å². The molecule has 15 heavy (non-hydrogen) atoms. The molecule has 0 spiro atoms. The van der Waals surface area contributed by atoms with Crippen LogP contribution in [0.5, 0.6) is 0 Å². The SMILES string of the molecule is C[As](Cc1ccccc1)c1ccccc1. The predicted octanol–water partition coefficient (Wildman–Crippen LogP) is 2.80. The quantitative estimate of drug-likeness (QED) is 0.743. The maximum atomic E-state index is 2.43. The fourth-order valence-corrected chi connectivity index (χ4v) is 5.03. The molecular weight excluding hydrogens is 243 g/mol. The Labute approximate surface area is 96.2 Å². The fraction of sp³-hybridized carbons (Fsp3) is 0.143. The first-order valence-corrected chi connectivity index (χ1v) is 9.30. The van der Waals surface area contributed by atoms with E-state index in [1.165, 1.54) is 10.8 Å². The van der Waals surface area contributed by atoms with Gasteiger partial charge in [0, 0.05) is 0 Å². The molecule has 1 atom stereocenters. The molecule has 2 aromatic rings. The Morgan fingerprint density at radius 3 is 1.93 bits per heavy atom. The van der Waals surface area contributed by atoms with Gasteiger partial charge >= 0.3 is 96.1 Å². The van der Waals surface area contributed by atoms with Crippen molar-refractivity contribution in [3.05, 3.63) is 66.2 Å². The van der Waals surface area contributed by atoms with E-state index in [0.717, 1.165) is 0 Å². The molecule has 1 unspecified atom stereocenters. The summed E-state index contributed by atoms with van der Waals surface area (Å²) in [6, 6.07) is 21.7. The molecule has 0 radical (unpaired) electrons. The van der Waals surface area contributed by atoms with Crippen LogP contribution in [0.25, 0.3) is 0 Å². The van der Waals surface area contributed by atoms with Gasteiger partial charge in [-0.2, -0.15) is 0 Å². The summed E-state index contributed by atoms with van der Waals surface area (Å²) in [7, 11) is 0. The van der Waals surface area contributed by atoms with Gasteiger partial charge in [0.2, 0.25) is 0 Å². The third kappa shape index (κ3) is 2.97. The Hall–Kier alpha value is -1.00. The first-order chi connectivity index (χ1) is 7.36. The molecule has 2 rings (SSSR count). The molecule has 0 saturated carbocycles. The van der Waals surface area contributed by atoms with Gasteiger partial charge in [0.1, 0.15) is 0 Å². The number of rotatable bonds is 3. The van der Waals surface area contributed by atoms with Crippen LogP contribution in [0.1, 0.15) is 5.56 Å². The van der Waals surface area contributed by atoms with Crippen LogP contribution in [0.4, 0.5) is 0 Å². The van der Waals surface area contributed by atoms with Crippen molar-refractivity contribution in [2.45, 2.75) is 10.9 Å². The summed E-state index contributed by atoms with van der Waals surface area (Å²) in [5, 5.41) is 1.26. The van der Waals surface area contributed by atoms with E-state index >= 15 is 0 Å². The van der Waals surface area contributed by atoms with Crippen molar-refractivity contribution >= 4 is 19.0 Å². The third-order valence-electron chi connectivity index (χ3n) is 2.46. The van der Waals surface area contributed by atoms with E-state index in [9.17, 15) is 0 Å².